The third kappa shape index (κ3) is 7.10. The molecule has 0 fully saturated rings. The molecule has 0 heterocycles. The fraction of sp³-hybridized carbons (Fsp3) is 0.700. The minimum absolute atomic E-state index is 0.764. The maximum absolute atomic E-state index is 5.91. The van der Waals surface area contributed by atoms with E-state index in [1.165, 1.54) is 5.69 Å². The topological polar surface area (TPSA) is 12.5 Å². The number of hydrogen-bond donors (Lipinski definition) is 0. The second-order valence-electron chi connectivity index (χ2n) is 7.87. The molecule has 1 aromatic rings. The number of quaternary nitrogens is 2. The number of likely N-dealkylation sites (N-methyl/N-ethyl adjacent to an activating group) is 3. The number of rotatable bonds is 11. The third-order valence-electron chi connectivity index (χ3n) is 5.24. The Hall–Kier alpha value is -1.26. The second kappa shape index (κ2) is 9.28. The molecular formula is C20H39N3O+2. The van der Waals surface area contributed by atoms with Gasteiger partial charge >= 0.3 is 0 Å². The quantitative estimate of drug-likeness (QED) is 0.575. The Kier molecular flexibility index (Phi) is 8.04. The highest BCUT2D eigenvalue weighted by Crippen LogP contribution is 2.19. The smallest absolute Gasteiger partial charge is 0.137 e. The summed E-state index contributed by atoms with van der Waals surface area (Å²) in [6.07, 6.45) is 0. The first-order valence-corrected chi connectivity index (χ1v) is 9.35. The van der Waals surface area contributed by atoms with Crippen LogP contribution in [0.1, 0.15) is 20.8 Å². The minimum atomic E-state index is 0.764. The Morgan fingerprint density at radius 2 is 1.38 bits per heavy atom. The SMILES string of the molecule is CCN(CC[N+](C)(C)CC)c1ccc(OCC[N+](C)(C)CC)cc1. The number of ether oxygens (including phenoxy) is 1. The molecule has 0 atom stereocenters. The van der Waals surface area contributed by atoms with Crippen LogP contribution in [0.15, 0.2) is 24.3 Å². The Morgan fingerprint density at radius 1 is 0.833 bits per heavy atom. The van der Waals surface area contributed by atoms with E-state index in [9.17, 15) is 0 Å². The molecular weight excluding hydrogens is 298 g/mol. The summed E-state index contributed by atoms with van der Waals surface area (Å²) < 4.78 is 7.96. The molecule has 0 spiro atoms. The molecule has 4 heteroatoms. The van der Waals surface area contributed by atoms with Gasteiger partial charge in [-0.05, 0) is 45.0 Å². The number of benzene rings is 1. The van der Waals surface area contributed by atoms with Crippen LogP contribution in [-0.4, -0.2) is 83.0 Å². The van der Waals surface area contributed by atoms with Crippen molar-refractivity contribution in [3.8, 4) is 5.75 Å². The van der Waals surface area contributed by atoms with E-state index in [4.69, 9.17) is 4.74 Å². The lowest BCUT2D eigenvalue weighted by Crippen LogP contribution is -2.45. The van der Waals surface area contributed by atoms with Gasteiger partial charge in [0.1, 0.15) is 18.9 Å². The van der Waals surface area contributed by atoms with Crippen LogP contribution < -0.4 is 9.64 Å². The van der Waals surface area contributed by atoms with Crippen molar-refractivity contribution in [2.75, 3.05) is 79.0 Å². The van der Waals surface area contributed by atoms with Crippen LogP contribution in [0.3, 0.4) is 0 Å². The molecule has 0 unspecified atom stereocenters. The van der Waals surface area contributed by atoms with E-state index in [2.05, 4.69) is 78.1 Å². The van der Waals surface area contributed by atoms with Crippen molar-refractivity contribution < 1.29 is 13.7 Å². The Morgan fingerprint density at radius 3 is 1.88 bits per heavy atom. The van der Waals surface area contributed by atoms with Crippen molar-refractivity contribution in [1.82, 2.24) is 0 Å². The van der Waals surface area contributed by atoms with Crippen LogP contribution in [0.2, 0.25) is 0 Å². The molecule has 0 saturated heterocycles. The van der Waals surface area contributed by atoms with Gasteiger partial charge in [0.25, 0.3) is 0 Å². The summed E-state index contributed by atoms with van der Waals surface area (Å²) in [5.74, 6) is 0.968. The fourth-order valence-electron chi connectivity index (χ4n) is 2.34. The highest BCUT2D eigenvalue weighted by molar-refractivity contribution is 5.48. The second-order valence-corrected chi connectivity index (χ2v) is 7.87. The highest BCUT2D eigenvalue weighted by atomic mass is 16.5. The lowest BCUT2D eigenvalue weighted by Gasteiger charge is -2.32. The van der Waals surface area contributed by atoms with E-state index in [-0.39, 0.29) is 0 Å². The molecule has 0 aliphatic rings. The molecule has 0 aromatic heterocycles. The summed E-state index contributed by atoms with van der Waals surface area (Å²) in [7, 11) is 9.06. The summed E-state index contributed by atoms with van der Waals surface area (Å²) in [5, 5.41) is 0. The summed E-state index contributed by atoms with van der Waals surface area (Å²) in [6.45, 7) is 14.0. The van der Waals surface area contributed by atoms with Gasteiger partial charge in [-0.3, -0.25) is 0 Å². The first kappa shape index (κ1) is 20.8. The number of nitrogens with zero attached hydrogens (tertiary/aromatic N) is 3. The standard InChI is InChI=1S/C20H39N3O/c1-8-21(15-16-22(4,5)9-2)19-11-13-20(14-12-19)24-18-17-23(6,7)10-3/h11-14H,8-10,15-18H2,1-7H3/q+2. The molecule has 0 radical (unpaired) electrons. The lowest BCUT2D eigenvalue weighted by atomic mass is 10.2. The van der Waals surface area contributed by atoms with Crippen LogP contribution >= 0.6 is 0 Å². The summed E-state index contributed by atoms with van der Waals surface area (Å²) in [4.78, 5) is 2.44. The maximum Gasteiger partial charge on any atom is 0.137 e. The van der Waals surface area contributed by atoms with Crippen LogP contribution in [0.5, 0.6) is 5.75 Å². The molecule has 0 amide bonds. The maximum atomic E-state index is 5.91. The molecule has 138 valence electrons. The number of hydrogen-bond acceptors (Lipinski definition) is 2. The average molecular weight is 338 g/mol. The van der Waals surface area contributed by atoms with Gasteiger partial charge in [0.05, 0.1) is 54.4 Å². The molecule has 1 rings (SSSR count). The zero-order valence-electron chi connectivity index (χ0n) is 17.0. The average Bonchev–Trinajstić information content (AvgIpc) is 2.56. The molecule has 0 bridgehead atoms. The van der Waals surface area contributed by atoms with Gasteiger partial charge in [-0.1, -0.05) is 0 Å². The molecule has 24 heavy (non-hydrogen) atoms. The van der Waals surface area contributed by atoms with E-state index < -0.39 is 0 Å². The predicted molar refractivity (Wildman–Crippen MR) is 105 cm³/mol. The van der Waals surface area contributed by atoms with E-state index in [1.54, 1.807) is 0 Å². The van der Waals surface area contributed by atoms with Crippen LogP contribution in [0.4, 0.5) is 5.69 Å². The van der Waals surface area contributed by atoms with E-state index in [0.29, 0.717) is 0 Å². The van der Waals surface area contributed by atoms with Crippen LogP contribution in [0.25, 0.3) is 0 Å². The molecule has 0 saturated carbocycles. The molecule has 0 aliphatic carbocycles. The van der Waals surface area contributed by atoms with E-state index in [1.807, 2.05) is 0 Å². The van der Waals surface area contributed by atoms with Gasteiger partial charge in [0, 0.05) is 12.2 Å². The molecule has 1 aromatic carbocycles. The molecule has 0 N–H and O–H groups in total. The largest absolute Gasteiger partial charge is 0.488 e. The normalized spacial score (nSPS) is 12.3. The van der Waals surface area contributed by atoms with Crippen molar-refractivity contribution >= 4 is 5.69 Å². The van der Waals surface area contributed by atoms with Gasteiger partial charge in [0.2, 0.25) is 0 Å². The predicted octanol–water partition coefficient (Wildman–Crippen LogP) is 3.08. The molecule has 0 aliphatic heterocycles. The minimum Gasteiger partial charge on any atom is -0.488 e. The van der Waals surface area contributed by atoms with Crippen LogP contribution in [-0.2, 0) is 0 Å². The van der Waals surface area contributed by atoms with Gasteiger partial charge in [-0.15, -0.1) is 0 Å². The summed E-state index contributed by atoms with van der Waals surface area (Å²) in [6, 6.07) is 8.57. The fourth-order valence-corrected chi connectivity index (χ4v) is 2.34. The molecule has 4 nitrogen and oxygen atoms in total. The van der Waals surface area contributed by atoms with E-state index in [0.717, 1.165) is 60.6 Å². The Bertz CT molecular complexity index is 468. The third-order valence-corrected chi connectivity index (χ3v) is 5.24. The first-order valence-electron chi connectivity index (χ1n) is 9.35. The first-order chi connectivity index (χ1) is 11.2. The monoisotopic (exact) mass is 337 g/mol. The highest BCUT2D eigenvalue weighted by Gasteiger charge is 2.15. The number of anilines is 1. The van der Waals surface area contributed by atoms with Crippen molar-refractivity contribution in [3.05, 3.63) is 24.3 Å². The summed E-state index contributed by atoms with van der Waals surface area (Å²) >= 11 is 0. The van der Waals surface area contributed by atoms with Gasteiger partial charge in [-0.2, -0.15) is 0 Å². The van der Waals surface area contributed by atoms with Crippen molar-refractivity contribution in [1.29, 1.82) is 0 Å². The Labute approximate surface area is 149 Å². The summed E-state index contributed by atoms with van der Waals surface area (Å²) in [5.41, 5.74) is 1.28. The van der Waals surface area contributed by atoms with Crippen molar-refractivity contribution in [3.63, 3.8) is 0 Å². The van der Waals surface area contributed by atoms with E-state index >= 15 is 0 Å². The van der Waals surface area contributed by atoms with Crippen LogP contribution in [0, 0.1) is 0 Å². The Balaban J connectivity index is 2.55. The van der Waals surface area contributed by atoms with Crippen molar-refractivity contribution in [2.24, 2.45) is 0 Å². The van der Waals surface area contributed by atoms with Gasteiger partial charge < -0.3 is 18.6 Å². The van der Waals surface area contributed by atoms with Gasteiger partial charge in [0.15, 0.2) is 0 Å². The lowest BCUT2D eigenvalue weighted by molar-refractivity contribution is -0.888. The zero-order valence-corrected chi connectivity index (χ0v) is 17.0. The van der Waals surface area contributed by atoms with Gasteiger partial charge in [-0.25, -0.2) is 0 Å². The van der Waals surface area contributed by atoms with Crippen molar-refractivity contribution in [2.45, 2.75) is 20.8 Å². The zero-order chi connectivity index (χ0) is 18.2.